The van der Waals surface area contributed by atoms with Gasteiger partial charge in [-0.3, -0.25) is 0 Å². The first-order chi connectivity index (χ1) is 7.03. The number of rotatable bonds is 5. The maximum absolute atomic E-state index is 12.5. The third kappa shape index (κ3) is 4.25. The molecule has 1 aromatic carbocycles. The van der Waals surface area contributed by atoms with Crippen molar-refractivity contribution in [3.63, 3.8) is 0 Å². The molecule has 0 aliphatic rings. The Hall–Kier alpha value is -1.16. The second kappa shape index (κ2) is 5.07. The van der Waals surface area contributed by atoms with Gasteiger partial charge < -0.3 is 11.1 Å². The van der Waals surface area contributed by atoms with E-state index in [4.69, 9.17) is 5.73 Å². The molecule has 0 radical (unpaired) electrons. The summed E-state index contributed by atoms with van der Waals surface area (Å²) in [7, 11) is 0. The molecule has 15 heavy (non-hydrogen) atoms. The van der Waals surface area contributed by atoms with Crippen molar-refractivity contribution in [1.29, 1.82) is 0 Å². The second-order valence-corrected chi connectivity index (χ2v) is 3.61. The van der Waals surface area contributed by atoms with Gasteiger partial charge in [-0.05, 0) is 18.6 Å². The zero-order chi connectivity index (χ0) is 11.3. The van der Waals surface area contributed by atoms with Gasteiger partial charge in [-0.2, -0.15) is 0 Å². The van der Waals surface area contributed by atoms with E-state index < -0.39 is 5.92 Å². The Labute approximate surface area is 88.5 Å². The van der Waals surface area contributed by atoms with Crippen LogP contribution in [0.3, 0.4) is 0 Å². The molecule has 3 N–H and O–H groups in total. The second-order valence-electron chi connectivity index (χ2n) is 3.61. The zero-order valence-corrected chi connectivity index (χ0v) is 8.76. The lowest BCUT2D eigenvalue weighted by Gasteiger charge is -2.13. The number of halogens is 2. The third-order valence-electron chi connectivity index (χ3n) is 2.12. The predicted molar refractivity (Wildman–Crippen MR) is 58.1 cm³/mol. The topological polar surface area (TPSA) is 38.0 Å². The van der Waals surface area contributed by atoms with Crippen molar-refractivity contribution in [2.45, 2.75) is 25.8 Å². The van der Waals surface area contributed by atoms with E-state index in [1.165, 1.54) is 0 Å². The van der Waals surface area contributed by atoms with Gasteiger partial charge >= 0.3 is 0 Å². The van der Waals surface area contributed by atoms with Crippen molar-refractivity contribution in [2.75, 3.05) is 11.9 Å². The fourth-order valence-corrected chi connectivity index (χ4v) is 1.29. The van der Waals surface area contributed by atoms with Crippen molar-refractivity contribution in [3.05, 3.63) is 29.8 Å². The van der Waals surface area contributed by atoms with Crippen LogP contribution in [0.5, 0.6) is 0 Å². The van der Waals surface area contributed by atoms with Crippen LogP contribution in [0.1, 0.15) is 18.9 Å². The largest absolute Gasteiger partial charge is 0.385 e. The molecule has 0 amide bonds. The Morgan fingerprint density at radius 1 is 1.33 bits per heavy atom. The molecule has 0 aromatic heterocycles. The van der Waals surface area contributed by atoms with E-state index in [1.54, 1.807) is 0 Å². The van der Waals surface area contributed by atoms with Crippen molar-refractivity contribution in [3.8, 4) is 0 Å². The first kappa shape index (κ1) is 11.9. The van der Waals surface area contributed by atoms with E-state index in [2.05, 4.69) is 5.32 Å². The molecule has 0 bridgehead atoms. The molecule has 0 atom stereocenters. The fourth-order valence-electron chi connectivity index (χ4n) is 1.29. The molecule has 1 rings (SSSR count). The van der Waals surface area contributed by atoms with Gasteiger partial charge in [0.1, 0.15) is 0 Å². The molecule has 2 nitrogen and oxygen atoms in total. The van der Waals surface area contributed by atoms with Crippen LogP contribution < -0.4 is 11.1 Å². The van der Waals surface area contributed by atoms with Crippen LogP contribution in [-0.2, 0) is 6.54 Å². The van der Waals surface area contributed by atoms with E-state index in [-0.39, 0.29) is 13.0 Å². The predicted octanol–water partition coefficient (Wildman–Crippen LogP) is 2.60. The minimum Gasteiger partial charge on any atom is -0.385 e. The molecule has 84 valence electrons. The summed E-state index contributed by atoms with van der Waals surface area (Å²) in [5.41, 5.74) is 7.30. The zero-order valence-electron chi connectivity index (χ0n) is 8.76. The normalized spacial score (nSPS) is 11.5. The number of hydrogen-bond donors (Lipinski definition) is 2. The molecule has 0 aliphatic heterocycles. The van der Waals surface area contributed by atoms with Gasteiger partial charge in [0, 0.05) is 25.2 Å². The van der Waals surface area contributed by atoms with Gasteiger partial charge in [0.25, 0.3) is 0 Å². The van der Waals surface area contributed by atoms with Crippen LogP contribution in [0.25, 0.3) is 0 Å². The maximum Gasteiger partial charge on any atom is 0.247 e. The van der Waals surface area contributed by atoms with E-state index in [0.29, 0.717) is 6.54 Å². The van der Waals surface area contributed by atoms with Gasteiger partial charge in [-0.25, -0.2) is 8.78 Å². The van der Waals surface area contributed by atoms with Gasteiger partial charge in [-0.15, -0.1) is 0 Å². The number of benzene rings is 1. The molecule has 0 saturated carbocycles. The number of nitrogens with two attached hydrogens (primary N) is 1. The van der Waals surface area contributed by atoms with Crippen molar-refractivity contribution in [2.24, 2.45) is 5.73 Å². The standard InChI is InChI=1S/C11H16F2N2/c1-11(12,13)6-7-15-10-5-3-2-4-9(10)8-14/h2-5,15H,6-8,14H2,1H3. The molecule has 4 heteroatoms. The third-order valence-corrected chi connectivity index (χ3v) is 2.12. The average Bonchev–Trinajstić information content (AvgIpc) is 2.16. The summed E-state index contributed by atoms with van der Waals surface area (Å²) in [6.07, 6.45) is -0.175. The quantitative estimate of drug-likeness (QED) is 0.790. The smallest absolute Gasteiger partial charge is 0.247 e. The molecular weight excluding hydrogens is 198 g/mol. The lowest BCUT2D eigenvalue weighted by molar-refractivity contribution is 0.0167. The summed E-state index contributed by atoms with van der Waals surface area (Å²) >= 11 is 0. The first-order valence-electron chi connectivity index (χ1n) is 4.92. The Kier molecular flexibility index (Phi) is 4.03. The molecule has 0 unspecified atom stereocenters. The molecular formula is C11H16F2N2. The highest BCUT2D eigenvalue weighted by Gasteiger charge is 2.19. The van der Waals surface area contributed by atoms with Crippen LogP contribution in [0.15, 0.2) is 24.3 Å². The summed E-state index contributed by atoms with van der Waals surface area (Å²) in [6.45, 7) is 1.58. The number of alkyl halides is 2. The average molecular weight is 214 g/mol. The Balaban J connectivity index is 2.50. The highest BCUT2D eigenvalue weighted by Crippen LogP contribution is 2.18. The number of para-hydroxylation sites is 1. The van der Waals surface area contributed by atoms with E-state index in [1.807, 2.05) is 24.3 Å². The maximum atomic E-state index is 12.5. The molecule has 0 aliphatic carbocycles. The van der Waals surface area contributed by atoms with Gasteiger partial charge in [0.05, 0.1) is 0 Å². The van der Waals surface area contributed by atoms with Crippen LogP contribution in [0.2, 0.25) is 0 Å². The monoisotopic (exact) mass is 214 g/mol. The van der Waals surface area contributed by atoms with Gasteiger partial charge in [-0.1, -0.05) is 18.2 Å². The van der Waals surface area contributed by atoms with Gasteiger partial charge in [0.2, 0.25) is 5.92 Å². The summed E-state index contributed by atoms with van der Waals surface area (Å²) < 4.78 is 25.1. The SMILES string of the molecule is CC(F)(F)CCNc1ccccc1CN. The van der Waals surface area contributed by atoms with Crippen LogP contribution in [-0.4, -0.2) is 12.5 Å². The molecule has 0 spiro atoms. The fraction of sp³-hybridized carbons (Fsp3) is 0.455. The summed E-state index contributed by atoms with van der Waals surface area (Å²) in [6, 6.07) is 7.45. The Bertz CT molecular complexity index is 308. The van der Waals surface area contributed by atoms with E-state index in [9.17, 15) is 8.78 Å². The highest BCUT2D eigenvalue weighted by atomic mass is 19.3. The first-order valence-corrected chi connectivity index (χ1v) is 4.92. The van der Waals surface area contributed by atoms with Crippen LogP contribution in [0, 0.1) is 0 Å². The molecule has 0 saturated heterocycles. The van der Waals surface area contributed by atoms with Crippen LogP contribution >= 0.6 is 0 Å². The lowest BCUT2D eigenvalue weighted by Crippen LogP contribution is -2.16. The molecule has 0 fully saturated rings. The molecule has 1 aromatic rings. The van der Waals surface area contributed by atoms with Crippen LogP contribution in [0.4, 0.5) is 14.5 Å². The highest BCUT2D eigenvalue weighted by molar-refractivity contribution is 5.50. The minimum atomic E-state index is -2.62. The minimum absolute atomic E-state index is 0.175. The Morgan fingerprint density at radius 2 is 2.00 bits per heavy atom. The Morgan fingerprint density at radius 3 is 2.60 bits per heavy atom. The van der Waals surface area contributed by atoms with Crippen molar-refractivity contribution < 1.29 is 8.78 Å². The van der Waals surface area contributed by atoms with Crippen molar-refractivity contribution >= 4 is 5.69 Å². The lowest BCUT2D eigenvalue weighted by atomic mass is 10.1. The van der Waals surface area contributed by atoms with Crippen molar-refractivity contribution in [1.82, 2.24) is 0 Å². The van der Waals surface area contributed by atoms with Gasteiger partial charge in [0.15, 0.2) is 0 Å². The molecule has 0 heterocycles. The number of hydrogen-bond acceptors (Lipinski definition) is 2. The number of nitrogens with one attached hydrogen (secondary N) is 1. The van der Waals surface area contributed by atoms with E-state index in [0.717, 1.165) is 18.2 Å². The summed E-state index contributed by atoms with van der Waals surface area (Å²) in [5.74, 6) is -2.62. The van der Waals surface area contributed by atoms with E-state index >= 15 is 0 Å². The number of anilines is 1. The summed E-state index contributed by atoms with van der Waals surface area (Å²) in [5, 5.41) is 2.96. The summed E-state index contributed by atoms with van der Waals surface area (Å²) in [4.78, 5) is 0.